The van der Waals surface area contributed by atoms with Gasteiger partial charge in [-0.3, -0.25) is 0 Å². The van der Waals surface area contributed by atoms with Gasteiger partial charge in [-0.15, -0.1) is 0 Å². The van der Waals surface area contributed by atoms with Crippen molar-refractivity contribution in [2.45, 2.75) is 6.92 Å². The number of aliphatic hydroxyl groups excluding tert-OH is 1. The lowest BCUT2D eigenvalue weighted by molar-refractivity contribution is 0.375. The molecular formula is C3H10O2SSi. The van der Waals surface area contributed by atoms with Crippen LogP contribution < -0.4 is 0 Å². The summed E-state index contributed by atoms with van der Waals surface area (Å²) in [4.78, 5) is 0. The Bertz CT molecular complexity index is 32.1. The molecule has 0 aromatic carbocycles. The molecule has 2 nitrogen and oxygen atoms in total. The zero-order valence-corrected chi connectivity index (χ0v) is 7.36. The first-order valence-corrected chi connectivity index (χ1v) is 3.19. The molecule has 0 amide bonds. The fourth-order valence-corrected chi connectivity index (χ4v) is 0. The van der Waals surface area contributed by atoms with Crippen LogP contribution in [0.5, 0.6) is 0 Å². The average Bonchev–Trinajstić information content (AvgIpc) is 1.69. The number of aliphatic hydroxyl groups is 1. The van der Waals surface area contributed by atoms with Gasteiger partial charge in [0.25, 0.3) is 0 Å². The van der Waals surface area contributed by atoms with Crippen molar-refractivity contribution in [1.82, 2.24) is 0 Å². The van der Waals surface area contributed by atoms with E-state index in [1.54, 1.807) is 0 Å². The van der Waals surface area contributed by atoms with E-state index in [1.165, 1.54) is 0 Å². The second-order valence-corrected chi connectivity index (χ2v) is 1.47. The highest BCUT2D eigenvalue weighted by atomic mass is 32.1. The van der Waals surface area contributed by atoms with E-state index < -0.39 is 0 Å². The van der Waals surface area contributed by atoms with Gasteiger partial charge in [0, 0.05) is 6.61 Å². The van der Waals surface area contributed by atoms with Gasteiger partial charge in [-0.1, -0.05) is 0 Å². The summed E-state index contributed by atoms with van der Waals surface area (Å²) in [6, 6.07) is 0. The highest BCUT2D eigenvalue weighted by molar-refractivity contribution is 7.78. The summed E-state index contributed by atoms with van der Waals surface area (Å²) in [7, 11) is 0.890. The monoisotopic (exact) mass is 138 g/mol. The van der Waals surface area contributed by atoms with E-state index in [0.717, 1.165) is 17.1 Å². The van der Waals surface area contributed by atoms with Crippen LogP contribution in [0.3, 0.4) is 0 Å². The highest BCUT2D eigenvalue weighted by Crippen LogP contribution is 1.50. The lowest BCUT2D eigenvalue weighted by atomic mass is 10.9. The quantitative estimate of drug-likeness (QED) is 0.402. The Morgan fingerprint density at radius 3 is 2.14 bits per heavy atom. The van der Waals surface area contributed by atoms with Crippen LogP contribution in [0.25, 0.3) is 0 Å². The summed E-state index contributed by atoms with van der Waals surface area (Å²) in [5, 5.41) is 7.26. The first-order chi connectivity index (χ1) is 3.33. The minimum Gasteiger partial charge on any atom is -0.504 e. The molecule has 4 heteroatoms. The molecule has 7 heavy (non-hydrogen) atoms. The number of hydrogen-bond acceptors (Lipinski definition) is 2. The van der Waals surface area contributed by atoms with Crippen LogP contribution in [0, 0.1) is 0 Å². The molecule has 0 unspecified atom stereocenters. The van der Waals surface area contributed by atoms with Crippen molar-refractivity contribution in [3.8, 4) is 0 Å². The van der Waals surface area contributed by atoms with Crippen molar-refractivity contribution in [2.24, 2.45) is 0 Å². The smallest absolute Gasteiger partial charge is 0.145 e. The number of rotatable bonds is 1. The van der Waals surface area contributed by atoms with Gasteiger partial charge in [0.1, 0.15) is 16.0 Å². The van der Waals surface area contributed by atoms with E-state index in [4.69, 9.17) is 5.11 Å². The van der Waals surface area contributed by atoms with Gasteiger partial charge in [-0.25, -0.2) is 0 Å². The van der Waals surface area contributed by atoms with Crippen molar-refractivity contribution >= 4 is 28.3 Å². The highest BCUT2D eigenvalue weighted by Gasteiger charge is 1.51. The van der Waals surface area contributed by atoms with Crippen LogP contribution in [0.2, 0.25) is 0 Å². The summed E-state index contributed by atoms with van der Waals surface area (Å²) in [6.07, 6.45) is 0. The lowest BCUT2D eigenvalue weighted by Crippen LogP contribution is -1.76. The maximum absolute atomic E-state index is 7.26. The van der Waals surface area contributed by atoms with Crippen LogP contribution in [-0.4, -0.2) is 27.8 Å². The summed E-state index contributed by atoms with van der Waals surface area (Å²) in [6.45, 7) is 2.87. The normalized spacial score (nSPS) is 6.43. The predicted molar refractivity (Wildman–Crippen MR) is 37.8 cm³/mol. The summed E-state index contributed by atoms with van der Waals surface area (Å²) >= 11 is 3.82. The second-order valence-electron chi connectivity index (χ2n) is 0.683. The van der Waals surface area contributed by atoms with Crippen molar-refractivity contribution in [3.63, 3.8) is 0 Å². The Labute approximate surface area is 52.0 Å². The molecule has 44 valence electrons. The molecule has 0 bridgehead atoms. The van der Waals surface area contributed by atoms with E-state index in [1.807, 2.05) is 6.92 Å². The van der Waals surface area contributed by atoms with E-state index in [0.29, 0.717) is 5.55 Å². The van der Waals surface area contributed by atoms with Crippen molar-refractivity contribution < 1.29 is 9.53 Å². The van der Waals surface area contributed by atoms with Gasteiger partial charge in [-0.2, -0.15) is 0 Å². The first-order valence-electron chi connectivity index (χ1n) is 1.90. The number of thiocarbonyl (C=S) groups is 1. The molecule has 0 aromatic heterocycles. The summed E-state index contributed by atoms with van der Waals surface area (Å²) in [5.41, 5.74) is 0.583. The Kier molecular flexibility index (Phi) is 24.0. The fourth-order valence-electron chi connectivity index (χ4n) is 0. The van der Waals surface area contributed by atoms with E-state index in [9.17, 15) is 0 Å². The zero-order valence-electron chi connectivity index (χ0n) is 4.55. The maximum atomic E-state index is 7.26. The SMILES string of the molecule is CCO[SiH3].OC=S. The summed E-state index contributed by atoms with van der Waals surface area (Å²) < 4.78 is 4.68. The van der Waals surface area contributed by atoms with Gasteiger partial charge in [0.05, 0.1) is 0 Å². The van der Waals surface area contributed by atoms with Gasteiger partial charge >= 0.3 is 0 Å². The molecule has 0 atom stereocenters. The number of hydrogen-bond donors (Lipinski definition) is 1. The topological polar surface area (TPSA) is 29.5 Å². The minimum absolute atomic E-state index is 0.583. The Hall–Kier alpha value is 0.0669. The van der Waals surface area contributed by atoms with Crippen LogP contribution in [0.4, 0.5) is 0 Å². The fraction of sp³-hybridized carbons (Fsp3) is 0.667. The molecule has 0 aliphatic carbocycles. The van der Waals surface area contributed by atoms with Crippen LogP contribution in [-0.2, 0) is 4.43 Å². The molecule has 0 spiro atoms. The van der Waals surface area contributed by atoms with Gasteiger partial charge in [-0.05, 0) is 19.1 Å². The van der Waals surface area contributed by atoms with Crippen molar-refractivity contribution in [1.29, 1.82) is 0 Å². The third-order valence-electron chi connectivity index (χ3n) is 0.289. The maximum Gasteiger partial charge on any atom is 0.145 e. The molecular weight excluding hydrogens is 128 g/mol. The largest absolute Gasteiger partial charge is 0.504 e. The molecule has 0 saturated carbocycles. The third-order valence-corrected chi connectivity index (χ3v) is 0.866. The summed E-state index contributed by atoms with van der Waals surface area (Å²) in [5.74, 6) is 0. The van der Waals surface area contributed by atoms with Crippen LogP contribution in [0.15, 0.2) is 0 Å². The Morgan fingerprint density at radius 1 is 2.00 bits per heavy atom. The third kappa shape index (κ3) is 88.2. The standard InChI is InChI=1S/C2H8OSi.CH2OS/c1-2-3-4;2-1-3/h2H2,1,4H3;1H,(H,2,3). The van der Waals surface area contributed by atoms with Crippen LogP contribution in [0.1, 0.15) is 6.92 Å². The van der Waals surface area contributed by atoms with E-state index in [-0.39, 0.29) is 0 Å². The Balaban J connectivity index is 0. The van der Waals surface area contributed by atoms with E-state index >= 15 is 0 Å². The van der Waals surface area contributed by atoms with Gasteiger partial charge in [0.2, 0.25) is 0 Å². The second kappa shape index (κ2) is 16.6. The zero-order chi connectivity index (χ0) is 6.12. The van der Waals surface area contributed by atoms with Crippen LogP contribution >= 0.6 is 12.2 Å². The van der Waals surface area contributed by atoms with Crippen molar-refractivity contribution in [2.75, 3.05) is 6.61 Å². The minimum atomic E-state index is 0.583. The first kappa shape index (κ1) is 10.1. The van der Waals surface area contributed by atoms with Gasteiger partial charge < -0.3 is 9.53 Å². The molecule has 1 N–H and O–H groups in total. The molecule has 0 heterocycles. The molecule has 0 fully saturated rings. The molecule has 0 aromatic rings. The molecule has 0 rings (SSSR count). The van der Waals surface area contributed by atoms with Crippen molar-refractivity contribution in [3.05, 3.63) is 0 Å². The Morgan fingerprint density at radius 2 is 2.14 bits per heavy atom. The molecule has 0 radical (unpaired) electrons. The predicted octanol–water partition coefficient (Wildman–Crippen LogP) is -0.195. The van der Waals surface area contributed by atoms with Gasteiger partial charge in [0.15, 0.2) is 0 Å². The lowest BCUT2D eigenvalue weighted by Gasteiger charge is -1.77. The average molecular weight is 138 g/mol. The molecule has 0 aliphatic heterocycles. The molecule has 0 saturated heterocycles. The van der Waals surface area contributed by atoms with E-state index in [2.05, 4.69) is 16.6 Å². The molecule has 0 aliphatic rings.